The molecule has 1 aromatic carbocycles. The van der Waals surface area contributed by atoms with Gasteiger partial charge in [0.15, 0.2) is 0 Å². The molecule has 0 radical (unpaired) electrons. The number of carbonyl (C=O) groups is 1. The molecule has 0 heterocycles. The summed E-state index contributed by atoms with van der Waals surface area (Å²) in [5.41, 5.74) is 9.90. The van der Waals surface area contributed by atoms with Crippen molar-refractivity contribution in [3.63, 3.8) is 0 Å². The Bertz CT molecular complexity index is 611. The SMILES string of the molecule is COc1ccc(S(=O)(=O)NC(C)(C)CN)cc1C(N)=O. The first kappa shape index (κ1) is 16.4. The molecule has 0 fully saturated rings. The molecule has 0 aromatic heterocycles. The first-order valence-electron chi connectivity index (χ1n) is 5.85. The van der Waals surface area contributed by atoms with E-state index in [1.54, 1.807) is 13.8 Å². The maximum Gasteiger partial charge on any atom is 0.252 e. The zero-order valence-corrected chi connectivity index (χ0v) is 12.5. The van der Waals surface area contributed by atoms with Crippen molar-refractivity contribution in [3.8, 4) is 5.75 Å². The number of carbonyl (C=O) groups excluding carboxylic acids is 1. The van der Waals surface area contributed by atoms with Crippen LogP contribution >= 0.6 is 0 Å². The van der Waals surface area contributed by atoms with Crippen LogP contribution in [0.15, 0.2) is 23.1 Å². The molecule has 7 nitrogen and oxygen atoms in total. The van der Waals surface area contributed by atoms with E-state index in [0.29, 0.717) is 0 Å². The molecule has 1 aromatic rings. The second-order valence-electron chi connectivity index (χ2n) is 4.92. The smallest absolute Gasteiger partial charge is 0.252 e. The van der Waals surface area contributed by atoms with E-state index in [2.05, 4.69) is 4.72 Å². The summed E-state index contributed by atoms with van der Waals surface area (Å²) in [6.45, 7) is 3.44. The lowest BCUT2D eigenvalue weighted by molar-refractivity contribution is 0.0997. The van der Waals surface area contributed by atoms with Crippen molar-refractivity contribution in [1.82, 2.24) is 4.72 Å². The van der Waals surface area contributed by atoms with E-state index >= 15 is 0 Å². The molecular weight excluding hydrogens is 282 g/mol. The normalized spacial score (nSPS) is 12.2. The van der Waals surface area contributed by atoms with Gasteiger partial charge in [0.05, 0.1) is 17.6 Å². The molecule has 0 aliphatic rings. The fourth-order valence-electron chi connectivity index (χ4n) is 1.51. The molecule has 0 bridgehead atoms. The van der Waals surface area contributed by atoms with E-state index in [1.165, 1.54) is 25.3 Å². The van der Waals surface area contributed by atoms with Crippen molar-refractivity contribution in [1.29, 1.82) is 0 Å². The second-order valence-corrected chi connectivity index (χ2v) is 6.60. The van der Waals surface area contributed by atoms with Gasteiger partial charge in [-0.1, -0.05) is 0 Å². The van der Waals surface area contributed by atoms with Gasteiger partial charge in [0, 0.05) is 12.1 Å². The van der Waals surface area contributed by atoms with Crippen LogP contribution in [0.5, 0.6) is 5.75 Å². The fraction of sp³-hybridized carbons (Fsp3) is 0.417. The van der Waals surface area contributed by atoms with Crippen molar-refractivity contribution < 1.29 is 17.9 Å². The highest BCUT2D eigenvalue weighted by molar-refractivity contribution is 7.89. The standard InChI is InChI=1S/C12H19N3O4S/c1-12(2,7-13)15-20(17,18)8-4-5-10(19-3)9(6-8)11(14)16/h4-6,15H,7,13H2,1-3H3,(H2,14,16). The molecule has 5 N–H and O–H groups in total. The number of nitrogens with one attached hydrogen (secondary N) is 1. The highest BCUT2D eigenvalue weighted by atomic mass is 32.2. The summed E-state index contributed by atoms with van der Waals surface area (Å²) < 4.78 is 31.9. The Morgan fingerprint density at radius 1 is 1.40 bits per heavy atom. The molecule has 1 amide bonds. The van der Waals surface area contributed by atoms with Crippen molar-refractivity contribution in [3.05, 3.63) is 23.8 Å². The van der Waals surface area contributed by atoms with Gasteiger partial charge in [0.2, 0.25) is 10.0 Å². The molecule has 0 saturated carbocycles. The summed E-state index contributed by atoms with van der Waals surface area (Å²) in [7, 11) is -2.44. The molecule has 0 saturated heterocycles. The van der Waals surface area contributed by atoms with Gasteiger partial charge in [-0.2, -0.15) is 0 Å². The Balaban J connectivity index is 3.27. The highest BCUT2D eigenvalue weighted by Crippen LogP contribution is 2.22. The minimum Gasteiger partial charge on any atom is -0.496 e. The lowest BCUT2D eigenvalue weighted by Gasteiger charge is -2.24. The monoisotopic (exact) mass is 301 g/mol. The van der Waals surface area contributed by atoms with Crippen LogP contribution in [0.2, 0.25) is 0 Å². The van der Waals surface area contributed by atoms with Crippen molar-refractivity contribution in [2.45, 2.75) is 24.3 Å². The Morgan fingerprint density at radius 3 is 2.45 bits per heavy atom. The molecule has 0 spiro atoms. The largest absolute Gasteiger partial charge is 0.496 e. The number of nitrogens with two attached hydrogens (primary N) is 2. The number of rotatable bonds is 6. The molecule has 0 aliphatic carbocycles. The maximum atomic E-state index is 12.2. The molecule has 0 aliphatic heterocycles. The van der Waals surface area contributed by atoms with Crippen LogP contribution in [-0.4, -0.2) is 33.5 Å². The summed E-state index contributed by atoms with van der Waals surface area (Å²) in [6, 6.07) is 3.89. The van der Waals surface area contributed by atoms with Gasteiger partial charge in [0.25, 0.3) is 5.91 Å². The molecule has 0 unspecified atom stereocenters. The Labute approximate surface area is 118 Å². The minimum absolute atomic E-state index is 0.000861. The number of hydrogen-bond donors (Lipinski definition) is 3. The Hall–Kier alpha value is -1.64. The lowest BCUT2D eigenvalue weighted by Crippen LogP contribution is -2.48. The molecular formula is C12H19N3O4S. The molecule has 0 atom stereocenters. The average Bonchev–Trinajstić information content (AvgIpc) is 2.36. The third kappa shape index (κ3) is 3.69. The highest BCUT2D eigenvalue weighted by Gasteiger charge is 2.26. The van der Waals surface area contributed by atoms with Crippen LogP contribution in [0.4, 0.5) is 0 Å². The topological polar surface area (TPSA) is 125 Å². The number of amides is 1. The summed E-state index contributed by atoms with van der Waals surface area (Å²) in [5.74, 6) is -0.550. The van der Waals surface area contributed by atoms with Gasteiger partial charge in [-0.15, -0.1) is 0 Å². The predicted molar refractivity (Wildman–Crippen MR) is 75.0 cm³/mol. The van der Waals surface area contributed by atoms with Crippen molar-refractivity contribution in [2.75, 3.05) is 13.7 Å². The van der Waals surface area contributed by atoms with E-state index < -0.39 is 21.5 Å². The van der Waals surface area contributed by atoms with Gasteiger partial charge in [-0.3, -0.25) is 4.79 Å². The summed E-state index contributed by atoms with van der Waals surface area (Å²) in [4.78, 5) is 11.2. The quantitative estimate of drug-likeness (QED) is 0.671. The van der Waals surface area contributed by atoms with Crippen LogP contribution in [-0.2, 0) is 10.0 Å². The van der Waals surface area contributed by atoms with Gasteiger partial charge >= 0.3 is 0 Å². The molecule has 112 valence electrons. The van der Waals surface area contributed by atoms with Crippen molar-refractivity contribution in [2.24, 2.45) is 11.5 Å². The average molecular weight is 301 g/mol. The van der Waals surface area contributed by atoms with E-state index in [9.17, 15) is 13.2 Å². The summed E-state index contributed by atoms with van der Waals surface area (Å²) in [5, 5.41) is 0. The second kappa shape index (κ2) is 5.78. The number of methoxy groups -OCH3 is 1. The van der Waals surface area contributed by atoms with Gasteiger partial charge in [-0.25, -0.2) is 13.1 Å². The number of benzene rings is 1. The zero-order chi connectivity index (χ0) is 15.6. The van der Waals surface area contributed by atoms with Crippen LogP contribution in [0.3, 0.4) is 0 Å². The third-order valence-electron chi connectivity index (χ3n) is 2.67. The number of primary amides is 1. The number of hydrogen-bond acceptors (Lipinski definition) is 5. The Kier molecular flexibility index (Phi) is 4.74. The Morgan fingerprint density at radius 2 is 2.00 bits per heavy atom. The number of sulfonamides is 1. The number of ether oxygens (including phenoxy) is 1. The van der Waals surface area contributed by atoms with Crippen LogP contribution < -0.4 is 20.9 Å². The lowest BCUT2D eigenvalue weighted by atomic mass is 10.1. The van der Waals surface area contributed by atoms with Gasteiger partial charge < -0.3 is 16.2 Å². The van der Waals surface area contributed by atoms with Gasteiger partial charge in [0.1, 0.15) is 5.75 Å². The van der Waals surface area contributed by atoms with E-state index in [-0.39, 0.29) is 22.8 Å². The van der Waals surface area contributed by atoms with Crippen molar-refractivity contribution >= 4 is 15.9 Å². The van der Waals surface area contributed by atoms with Crippen LogP contribution in [0.25, 0.3) is 0 Å². The first-order valence-corrected chi connectivity index (χ1v) is 7.33. The van der Waals surface area contributed by atoms with E-state index in [0.717, 1.165) is 0 Å². The van der Waals surface area contributed by atoms with Crippen LogP contribution in [0.1, 0.15) is 24.2 Å². The zero-order valence-electron chi connectivity index (χ0n) is 11.6. The molecule has 20 heavy (non-hydrogen) atoms. The van der Waals surface area contributed by atoms with Gasteiger partial charge in [-0.05, 0) is 32.0 Å². The predicted octanol–water partition coefficient (Wildman–Crippen LogP) is -0.190. The third-order valence-corrected chi connectivity index (χ3v) is 4.36. The molecule has 8 heteroatoms. The van der Waals surface area contributed by atoms with Crippen LogP contribution in [0, 0.1) is 0 Å². The molecule has 1 rings (SSSR count). The minimum atomic E-state index is -3.80. The van der Waals surface area contributed by atoms with E-state index in [4.69, 9.17) is 16.2 Å². The fourth-order valence-corrected chi connectivity index (χ4v) is 2.96. The first-order chi connectivity index (χ1) is 9.13. The maximum absolute atomic E-state index is 12.2. The summed E-state index contributed by atoms with van der Waals surface area (Å²) >= 11 is 0. The summed E-state index contributed by atoms with van der Waals surface area (Å²) in [6.07, 6.45) is 0. The van der Waals surface area contributed by atoms with E-state index in [1.807, 2.05) is 0 Å².